The van der Waals surface area contributed by atoms with Crippen molar-refractivity contribution in [2.45, 2.75) is 137 Å². The SMILES string of the molecule is CC(=O)O[C@@H]1CC23COC[C@](C)([C@@H]2CC[C@H]2C3=CC[C@@]3(C)[C@H](C(=O)O)[C@@](C)([C@H](C)C(C)C)CC[C@]23C)[C@H]1O[C@@H]1O[C@H](CO)[C@@H](O)[C@H](O)[C@H]1O. The Hall–Kier alpha value is -1.60. The number of rotatable bonds is 7. The molecule has 0 aromatic carbocycles. The van der Waals surface area contributed by atoms with Crippen LogP contribution >= 0.6 is 0 Å². The van der Waals surface area contributed by atoms with Crippen molar-refractivity contribution in [3.8, 4) is 0 Å². The number of carbonyl (C=O) groups is 2. The van der Waals surface area contributed by atoms with Crippen LogP contribution in [0.25, 0.3) is 0 Å². The maximum absolute atomic E-state index is 13.4. The number of hydrogen-bond acceptors (Lipinski definition) is 10. The van der Waals surface area contributed by atoms with E-state index in [1.54, 1.807) is 0 Å². The van der Waals surface area contributed by atoms with Crippen molar-refractivity contribution in [2.24, 2.45) is 56.7 Å². The molecule has 2 heterocycles. The van der Waals surface area contributed by atoms with Crippen molar-refractivity contribution >= 4 is 11.9 Å². The molecule has 4 aliphatic carbocycles. The molecule has 5 fully saturated rings. The highest BCUT2D eigenvalue weighted by Crippen LogP contribution is 2.75. The summed E-state index contributed by atoms with van der Waals surface area (Å²) < 4.78 is 24.8. The van der Waals surface area contributed by atoms with Crippen molar-refractivity contribution in [1.29, 1.82) is 0 Å². The third-order valence-corrected chi connectivity index (χ3v) is 15.5. The first-order valence-corrected chi connectivity index (χ1v) is 18.5. The van der Waals surface area contributed by atoms with E-state index >= 15 is 0 Å². The number of carboxylic acids is 1. The van der Waals surface area contributed by atoms with Crippen LogP contribution in [-0.2, 0) is 28.5 Å². The van der Waals surface area contributed by atoms with Gasteiger partial charge in [-0.25, -0.2) is 0 Å². The number of aliphatic carboxylic acids is 1. The van der Waals surface area contributed by atoms with Gasteiger partial charge in [0.05, 0.1) is 25.7 Å². The Morgan fingerprint density at radius 1 is 0.980 bits per heavy atom. The Morgan fingerprint density at radius 2 is 1.67 bits per heavy atom. The van der Waals surface area contributed by atoms with Gasteiger partial charge in [0.25, 0.3) is 0 Å². The molecule has 278 valence electrons. The fourth-order valence-corrected chi connectivity index (χ4v) is 12.5. The van der Waals surface area contributed by atoms with Gasteiger partial charge in [0.2, 0.25) is 0 Å². The quantitative estimate of drug-likeness (QED) is 0.150. The second-order valence-corrected chi connectivity index (χ2v) is 18.0. The van der Waals surface area contributed by atoms with Gasteiger partial charge in [0, 0.05) is 17.8 Å². The van der Waals surface area contributed by atoms with E-state index in [0.29, 0.717) is 32.0 Å². The molecule has 6 rings (SSSR count). The molecular formula is C38H60O11. The van der Waals surface area contributed by atoms with Crippen LogP contribution in [0.2, 0.25) is 0 Å². The molecule has 6 aliphatic rings. The first-order valence-electron chi connectivity index (χ1n) is 18.5. The van der Waals surface area contributed by atoms with Crippen LogP contribution < -0.4 is 0 Å². The number of aliphatic hydroxyl groups is 4. The van der Waals surface area contributed by atoms with Gasteiger partial charge in [-0.2, -0.15) is 0 Å². The van der Waals surface area contributed by atoms with Gasteiger partial charge in [-0.1, -0.05) is 60.1 Å². The fraction of sp³-hybridized carbons (Fsp3) is 0.895. The van der Waals surface area contributed by atoms with Crippen LogP contribution in [0, 0.1) is 56.7 Å². The predicted octanol–water partition coefficient (Wildman–Crippen LogP) is 3.69. The normalized spacial score (nSPS) is 51.5. The van der Waals surface area contributed by atoms with Gasteiger partial charge in [-0.15, -0.1) is 0 Å². The van der Waals surface area contributed by atoms with Crippen LogP contribution in [0.4, 0.5) is 0 Å². The molecule has 5 N–H and O–H groups in total. The van der Waals surface area contributed by atoms with E-state index < -0.39 is 83.6 Å². The summed E-state index contributed by atoms with van der Waals surface area (Å²) in [4.78, 5) is 26.0. The molecule has 0 amide bonds. The Kier molecular flexibility index (Phi) is 9.50. The molecule has 49 heavy (non-hydrogen) atoms. The molecule has 1 unspecified atom stereocenters. The third kappa shape index (κ3) is 5.22. The molecule has 16 atom stereocenters. The monoisotopic (exact) mass is 692 g/mol. The summed E-state index contributed by atoms with van der Waals surface area (Å²) in [5.74, 6) is -0.879. The van der Waals surface area contributed by atoms with Gasteiger partial charge in [0.15, 0.2) is 6.29 Å². The molecule has 0 aromatic rings. The standard InChI is InChI=1S/C38H60O11/c1-19(2)20(3)34(5)13-14-36(7)22-9-10-26-35(6)17-46-18-38(26,23(22)11-12-37(36,8)30(34)32(44)45)15-24(47-21(4)40)31(35)49-33-29(43)28(42)27(41)25(16-39)48-33/h11,19-20,22,24-31,33,39,41-43H,9-10,12-18H2,1-8H3,(H,44,45)/t20-,22+,24-,25-,26+,27-,28+,29-,30-,31+,33+,34-,35-,36-,37+,38?/m1/s1. The lowest BCUT2D eigenvalue weighted by molar-refractivity contribution is -0.349. The highest BCUT2D eigenvalue weighted by atomic mass is 16.7. The summed E-state index contributed by atoms with van der Waals surface area (Å²) in [6.45, 7) is 17.0. The summed E-state index contributed by atoms with van der Waals surface area (Å²) >= 11 is 0. The van der Waals surface area contributed by atoms with E-state index in [1.165, 1.54) is 12.5 Å². The molecule has 2 saturated heterocycles. The molecule has 0 spiro atoms. The minimum atomic E-state index is -1.60. The molecule has 0 radical (unpaired) electrons. The molecule has 2 bridgehead atoms. The van der Waals surface area contributed by atoms with E-state index in [1.807, 2.05) is 0 Å². The van der Waals surface area contributed by atoms with Gasteiger partial charge < -0.3 is 44.5 Å². The Morgan fingerprint density at radius 3 is 2.29 bits per heavy atom. The van der Waals surface area contributed by atoms with E-state index in [4.69, 9.17) is 18.9 Å². The Balaban J connectivity index is 1.40. The third-order valence-electron chi connectivity index (χ3n) is 15.5. The molecule has 11 nitrogen and oxygen atoms in total. The Labute approximate surface area is 290 Å². The van der Waals surface area contributed by atoms with E-state index in [0.717, 1.165) is 25.7 Å². The second kappa shape index (κ2) is 12.5. The molecule has 2 aliphatic heterocycles. The smallest absolute Gasteiger partial charge is 0.307 e. The van der Waals surface area contributed by atoms with E-state index in [-0.39, 0.29) is 28.6 Å². The number of ether oxygens (including phenoxy) is 4. The summed E-state index contributed by atoms with van der Waals surface area (Å²) in [5.41, 5.74) is -0.955. The average molecular weight is 693 g/mol. The van der Waals surface area contributed by atoms with Gasteiger partial charge >= 0.3 is 11.9 Å². The highest BCUT2D eigenvalue weighted by molar-refractivity contribution is 5.73. The number of carboxylic acid groups (broad SMARTS) is 1. The molecule has 0 aromatic heterocycles. The topological polar surface area (TPSA) is 172 Å². The van der Waals surface area contributed by atoms with Crippen molar-refractivity contribution in [2.75, 3.05) is 19.8 Å². The summed E-state index contributed by atoms with van der Waals surface area (Å²) in [6, 6.07) is 0. The number of hydrogen-bond donors (Lipinski definition) is 5. The zero-order valence-electron chi connectivity index (χ0n) is 30.6. The first kappa shape index (κ1) is 37.2. The van der Waals surface area contributed by atoms with E-state index in [9.17, 15) is 35.1 Å². The molecular weight excluding hydrogens is 632 g/mol. The van der Waals surface area contributed by atoms with Crippen molar-refractivity contribution in [3.63, 3.8) is 0 Å². The lowest BCUT2D eigenvalue weighted by Crippen LogP contribution is -2.71. The maximum atomic E-state index is 13.4. The van der Waals surface area contributed by atoms with Crippen molar-refractivity contribution in [3.05, 3.63) is 11.6 Å². The van der Waals surface area contributed by atoms with Crippen molar-refractivity contribution < 1.29 is 54.1 Å². The summed E-state index contributed by atoms with van der Waals surface area (Å²) in [5, 5.41) is 52.6. The highest BCUT2D eigenvalue weighted by Gasteiger charge is 2.72. The molecule has 11 heteroatoms. The number of esters is 1. The first-order chi connectivity index (χ1) is 22.8. The second-order valence-electron chi connectivity index (χ2n) is 18.0. The van der Waals surface area contributed by atoms with Crippen LogP contribution in [0.1, 0.15) is 93.9 Å². The number of aliphatic hydroxyl groups excluding tert-OH is 4. The zero-order valence-corrected chi connectivity index (χ0v) is 30.6. The van der Waals surface area contributed by atoms with E-state index in [2.05, 4.69) is 54.5 Å². The fourth-order valence-electron chi connectivity index (χ4n) is 12.5. The summed E-state index contributed by atoms with van der Waals surface area (Å²) in [6.07, 6.45) is -1.86. The predicted molar refractivity (Wildman–Crippen MR) is 178 cm³/mol. The molecule has 3 saturated carbocycles. The zero-order chi connectivity index (χ0) is 36.1. The average Bonchev–Trinajstić information content (AvgIpc) is 3.02. The number of carbonyl (C=O) groups excluding carboxylic acids is 1. The number of allylic oxidation sites excluding steroid dienone is 1. The van der Waals surface area contributed by atoms with Crippen molar-refractivity contribution in [1.82, 2.24) is 0 Å². The minimum absolute atomic E-state index is 0.0657. The van der Waals surface area contributed by atoms with Crippen LogP contribution in [-0.4, -0.2) is 100 Å². The summed E-state index contributed by atoms with van der Waals surface area (Å²) in [7, 11) is 0. The van der Waals surface area contributed by atoms with Gasteiger partial charge in [-0.3, -0.25) is 9.59 Å². The Bertz CT molecular complexity index is 1330. The van der Waals surface area contributed by atoms with Crippen LogP contribution in [0.3, 0.4) is 0 Å². The minimum Gasteiger partial charge on any atom is -0.481 e. The number of fused-ring (bicyclic) bond motifs is 3. The van der Waals surface area contributed by atoms with Crippen LogP contribution in [0.15, 0.2) is 11.6 Å². The lowest BCUT2D eigenvalue weighted by Gasteiger charge is -2.71. The lowest BCUT2D eigenvalue weighted by atomic mass is 9.34. The van der Waals surface area contributed by atoms with Crippen LogP contribution in [0.5, 0.6) is 0 Å². The van der Waals surface area contributed by atoms with Gasteiger partial charge in [0.1, 0.15) is 36.6 Å². The largest absolute Gasteiger partial charge is 0.481 e. The van der Waals surface area contributed by atoms with Gasteiger partial charge in [-0.05, 0) is 78.4 Å². The maximum Gasteiger partial charge on any atom is 0.307 e.